The lowest BCUT2D eigenvalue weighted by Crippen LogP contribution is -2.48. The third-order valence-electron chi connectivity index (χ3n) is 4.19. The molecule has 26 heavy (non-hydrogen) atoms. The van der Waals surface area contributed by atoms with Crippen molar-refractivity contribution in [3.05, 3.63) is 48.6 Å². The fourth-order valence-corrected chi connectivity index (χ4v) is 2.87. The molecular formula is C17H22BFN2O5. The molecule has 140 valence electrons. The number of alkyl halides is 1. The van der Waals surface area contributed by atoms with Crippen LogP contribution in [-0.4, -0.2) is 65.4 Å². The van der Waals surface area contributed by atoms with E-state index in [2.05, 4.69) is 11.9 Å². The second-order valence-corrected chi connectivity index (χ2v) is 6.13. The predicted molar refractivity (Wildman–Crippen MR) is 93.8 cm³/mol. The lowest BCUT2D eigenvalue weighted by atomic mass is 9.76. The maximum Gasteiger partial charge on any atom is 0.475 e. The van der Waals surface area contributed by atoms with Crippen LogP contribution < -0.4 is 5.32 Å². The van der Waals surface area contributed by atoms with E-state index in [0.717, 1.165) is 11.6 Å². The van der Waals surface area contributed by atoms with Gasteiger partial charge in [0.2, 0.25) is 5.91 Å². The fourth-order valence-electron chi connectivity index (χ4n) is 2.87. The molecule has 1 aromatic carbocycles. The molecule has 3 N–H and O–H groups in total. The summed E-state index contributed by atoms with van der Waals surface area (Å²) in [5, 5.41) is 21.3. The molecule has 3 atom stereocenters. The topological polar surface area (TPSA) is 99.1 Å². The first-order valence-corrected chi connectivity index (χ1v) is 8.31. The zero-order chi connectivity index (χ0) is 19.1. The van der Waals surface area contributed by atoms with E-state index < -0.39 is 37.3 Å². The first kappa shape index (κ1) is 19.9. The van der Waals surface area contributed by atoms with Crippen LogP contribution in [0.5, 0.6) is 0 Å². The number of halogens is 1. The molecule has 1 aliphatic heterocycles. The lowest BCUT2D eigenvalue weighted by Gasteiger charge is -2.23. The average molecular weight is 364 g/mol. The average Bonchev–Trinajstić information content (AvgIpc) is 3.00. The van der Waals surface area contributed by atoms with Crippen molar-refractivity contribution in [3.63, 3.8) is 0 Å². The van der Waals surface area contributed by atoms with Crippen molar-refractivity contribution in [2.75, 3.05) is 13.2 Å². The summed E-state index contributed by atoms with van der Waals surface area (Å²) in [5.41, 5.74) is 0.810. The molecule has 2 rings (SSSR count). The van der Waals surface area contributed by atoms with Gasteiger partial charge in [0.1, 0.15) is 12.8 Å². The van der Waals surface area contributed by atoms with Gasteiger partial charge >= 0.3 is 13.2 Å². The Bertz CT molecular complexity index is 631. The number of carbonyl (C=O) groups is 2. The number of hydrogen-bond acceptors (Lipinski definition) is 5. The number of hydrogen-bond donors (Lipinski definition) is 3. The molecule has 0 unspecified atom stereocenters. The molecule has 2 amide bonds. The van der Waals surface area contributed by atoms with Gasteiger partial charge in [-0.25, -0.2) is 9.18 Å². The van der Waals surface area contributed by atoms with Gasteiger partial charge in [-0.05, 0) is 18.1 Å². The molecule has 7 nitrogen and oxygen atoms in total. The number of nitrogens with one attached hydrogen (secondary N) is 1. The molecule has 9 heteroatoms. The highest BCUT2D eigenvalue weighted by molar-refractivity contribution is 6.43. The Morgan fingerprint density at radius 1 is 1.42 bits per heavy atom. The molecule has 1 heterocycles. The van der Waals surface area contributed by atoms with E-state index in [1.54, 1.807) is 24.3 Å². The zero-order valence-corrected chi connectivity index (χ0v) is 14.3. The van der Waals surface area contributed by atoms with Crippen molar-refractivity contribution in [2.45, 2.75) is 31.0 Å². The normalized spacial score (nSPS) is 20.3. The largest absolute Gasteiger partial charge is 0.475 e. The Morgan fingerprint density at radius 3 is 2.73 bits per heavy atom. The molecule has 0 radical (unpaired) electrons. The highest BCUT2D eigenvalue weighted by Gasteiger charge is 2.35. The summed E-state index contributed by atoms with van der Waals surface area (Å²) >= 11 is 0. The summed E-state index contributed by atoms with van der Waals surface area (Å²) in [7, 11) is -1.77. The third-order valence-corrected chi connectivity index (χ3v) is 4.19. The highest BCUT2D eigenvalue weighted by atomic mass is 19.1. The monoisotopic (exact) mass is 364 g/mol. The maximum atomic E-state index is 13.6. The van der Waals surface area contributed by atoms with E-state index in [9.17, 15) is 24.0 Å². The van der Waals surface area contributed by atoms with Crippen LogP contribution >= 0.6 is 0 Å². The molecule has 1 saturated heterocycles. The summed E-state index contributed by atoms with van der Waals surface area (Å²) < 4.78 is 18.6. The number of rotatable bonds is 7. The Kier molecular flexibility index (Phi) is 7.17. The van der Waals surface area contributed by atoms with Crippen LogP contribution in [-0.2, 0) is 16.0 Å². The summed E-state index contributed by atoms with van der Waals surface area (Å²) in [6.45, 7) is 3.12. The maximum absolute atomic E-state index is 13.6. The van der Waals surface area contributed by atoms with Crippen molar-refractivity contribution >= 4 is 19.1 Å². The van der Waals surface area contributed by atoms with Crippen molar-refractivity contribution < 1.29 is 28.8 Å². The molecule has 1 fully saturated rings. The summed E-state index contributed by atoms with van der Waals surface area (Å²) in [4.78, 5) is 24.9. The van der Waals surface area contributed by atoms with Crippen LogP contribution in [0, 0.1) is 0 Å². The van der Waals surface area contributed by atoms with Gasteiger partial charge < -0.3 is 25.0 Å². The van der Waals surface area contributed by atoms with Gasteiger partial charge in [-0.3, -0.25) is 4.79 Å². The molecule has 0 spiro atoms. The minimum Gasteiger partial charge on any atom is -0.447 e. The van der Waals surface area contributed by atoms with Crippen LogP contribution in [0.3, 0.4) is 0 Å². The molecule has 0 bridgehead atoms. The van der Waals surface area contributed by atoms with Gasteiger partial charge in [0.15, 0.2) is 0 Å². The van der Waals surface area contributed by atoms with Gasteiger partial charge in [-0.1, -0.05) is 36.9 Å². The number of amides is 2. The Labute approximate surface area is 151 Å². The number of carbonyl (C=O) groups excluding carboxylic acids is 2. The van der Waals surface area contributed by atoms with Gasteiger partial charge in [0.25, 0.3) is 0 Å². The lowest BCUT2D eigenvalue weighted by molar-refractivity contribution is -0.127. The summed E-state index contributed by atoms with van der Waals surface area (Å²) in [6.07, 6.45) is -0.690. The van der Waals surface area contributed by atoms with E-state index in [0.29, 0.717) is 0 Å². The van der Waals surface area contributed by atoms with E-state index in [-0.39, 0.29) is 26.0 Å². The Balaban J connectivity index is 1.87. The highest BCUT2D eigenvalue weighted by Crippen LogP contribution is 2.21. The molecule has 0 saturated carbocycles. The minimum absolute atomic E-state index is 0.0630. The van der Waals surface area contributed by atoms with Crippen LogP contribution in [0.1, 0.15) is 12.0 Å². The predicted octanol–water partition coefficient (Wildman–Crippen LogP) is 0.461. The SMILES string of the molecule is C=CC(=O)N1C[C@H](F)C[C@@H]1COC(=O)N[C@@H](Cc1ccccc1)B(O)O. The van der Waals surface area contributed by atoms with E-state index in [1.807, 2.05) is 6.07 Å². The van der Waals surface area contributed by atoms with Crippen LogP contribution in [0.25, 0.3) is 0 Å². The minimum atomic E-state index is -1.77. The Morgan fingerprint density at radius 2 is 2.12 bits per heavy atom. The second kappa shape index (κ2) is 9.35. The van der Waals surface area contributed by atoms with Gasteiger partial charge in [0, 0.05) is 6.42 Å². The number of ether oxygens (including phenoxy) is 1. The van der Waals surface area contributed by atoms with Gasteiger partial charge in [0.05, 0.1) is 18.5 Å². The third kappa shape index (κ3) is 5.57. The fraction of sp³-hybridized carbons (Fsp3) is 0.412. The first-order valence-electron chi connectivity index (χ1n) is 8.31. The quantitative estimate of drug-likeness (QED) is 0.482. The van der Waals surface area contributed by atoms with Gasteiger partial charge in [-0.2, -0.15) is 0 Å². The number of benzene rings is 1. The molecule has 0 aromatic heterocycles. The molecule has 1 aromatic rings. The van der Waals surface area contributed by atoms with E-state index in [4.69, 9.17) is 4.74 Å². The zero-order valence-electron chi connectivity index (χ0n) is 14.3. The Hall–Kier alpha value is -2.39. The second-order valence-electron chi connectivity index (χ2n) is 6.13. The molecular weight excluding hydrogens is 342 g/mol. The van der Waals surface area contributed by atoms with Crippen molar-refractivity contribution in [3.8, 4) is 0 Å². The van der Waals surface area contributed by atoms with Crippen LogP contribution in [0.2, 0.25) is 0 Å². The summed E-state index contributed by atoms with van der Waals surface area (Å²) in [6, 6.07) is 8.43. The summed E-state index contributed by atoms with van der Waals surface area (Å²) in [5.74, 6) is -1.39. The smallest absolute Gasteiger partial charge is 0.447 e. The van der Waals surface area contributed by atoms with Gasteiger partial charge in [-0.15, -0.1) is 0 Å². The number of likely N-dealkylation sites (tertiary alicyclic amines) is 1. The van der Waals surface area contributed by atoms with Crippen molar-refractivity contribution in [2.24, 2.45) is 0 Å². The van der Waals surface area contributed by atoms with Crippen molar-refractivity contribution in [1.82, 2.24) is 10.2 Å². The van der Waals surface area contributed by atoms with Crippen LogP contribution in [0.4, 0.5) is 9.18 Å². The number of nitrogens with zero attached hydrogens (tertiary/aromatic N) is 1. The van der Waals surface area contributed by atoms with E-state index >= 15 is 0 Å². The molecule has 1 aliphatic rings. The first-order chi connectivity index (χ1) is 12.4. The van der Waals surface area contributed by atoms with Crippen molar-refractivity contribution in [1.29, 1.82) is 0 Å². The number of alkyl carbamates (subject to hydrolysis) is 1. The van der Waals surface area contributed by atoms with E-state index in [1.165, 1.54) is 4.90 Å². The standard InChI is InChI=1S/C17H22BFN2O5/c1-2-16(22)21-10-13(19)9-14(21)11-26-17(23)20-15(18(24)25)8-12-6-4-3-5-7-12/h2-7,13-15,24-25H,1,8-11H2,(H,20,23)/t13-,14-,15+/m1/s1. The van der Waals surface area contributed by atoms with Crippen LogP contribution in [0.15, 0.2) is 43.0 Å². The molecule has 0 aliphatic carbocycles.